The number of amides is 2. The molecule has 0 saturated carbocycles. The molecule has 2 amide bonds. The quantitative estimate of drug-likeness (QED) is 0.877. The molecular weight excluding hydrogens is 320 g/mol. The van der Waals surface area contributed by atoms with Crippen LogP contribution in [0.1, 0.15) is 12.5 Å². The third-order valence-electron chi connectivity index (χ3n) is 4.26. The van der Waals surface area contributed by atoms with Crippen LogP contribution in [-0.4, -0.2) is 35.8 Å². The van der Waals surface area contributed by atoms with E-state index in [2.05, 4.69) is 5.32 Å². The van der Waals surface area contributed by atoms with E-state index in [4.69, 9.17) is 4.74 Å². The average molecular weight is 340 g/mol. The van der Waals surface area contributed by atoms with Gasteiger partial charge in [-0.15, -0.1) is 0 Å². The molecule has 0 aliphatic carbocycles. The van der Waals surface area contributed by atoms with Gasteiger partial charge in [0.15, 0.2) is 5.54 Å². The highest BCUT2D eigenvalue weighted by molar-refractivity contribution is 5.97. The number of carboxylic acids is 1. The Kier molecular flexibility index (Phi) is 4.61. The zero-order valence-corrected chi connectivity index (χ0v) is 13.9. The van der Waals surface area contributed by atoms with Crippen molar-refractivity contribution in [2.24, 2.45) is 0 Å². The van der Waals surface area contributed by atoms with Gasteiger partial charge in [-0.05, 0) is 37.1 Å². The Bertz CT molecular complexity index is 778. The van der Waals surface area contributed by atoms with Crippen molar-refractivity contribution in [1.29, 1.82) is 0 Å². The highest BCUT2D eigenvalue weighted by atomic mass is 16.5. The largest absolute Gasteiger partial charge is 0.491 e. The normalized spacial score (nSPS) is 15.2. The number of rotatable bonds is 5. The van der Waals surface area contributed by atoms with Crippen LogP contribution >= 0.6 is 0 Å². The number of fused-ring (bicyclic) bond motifs is 1. The van der Waals surface area contributed by atoms with Gasteiger partial charge < -0.3 is 15.2 Å². The summed E-state index contributed by atoms with van der Waals surface area (Å²) in [6.45, 7) is 1.80. The molecule has 130 valence electrons. The number of carbonyl (C=O) groups is 2. The molecule has 6 heteroatoms. The molecular formula is C19H20N2O4. The lowest BCUT2D eigenvalue weighted by Crippen LogP contribution is -2.59. The monoisotopic (exact) mass is 340 g/mol. The predicted octanol–water partition coefficient (Wildman–Crippen LogP) is 2.68. The van der Waals surface area contributed by atoms with E-state index >= 15 is 0 Å². The van der Waals surface area contributed by atoms with E-state index in [1.165, 1.54) is 6.92 Å². The van der Waals surface area contributed by atoms with Crippen LogP contribution in [0.2, 0.25) is 0 Å². The van der Waals surface area contributed by atoms with E-state index < -0.39 is 17.5 Å². The molecule has 1 aliphatic rings. The van der Waals surface area contributed by atoms with Gasteiger partial charge in [0, 0.05) is 12.2 Å². The van der Waals surface area contributed by atoms with E-state index in [1.54, 1.807) is 29.2 Å². The maximum Gasteiger partial charge on any atom is 0.332 e. The molecule has 2 aromatic carbocycles. The van der Waals surface area contributed by atoms with Crippen LogP contribution in [0.15, 0.2) is 54.6 Å². The summed E-state index contributed by atoms with van der Waals surface area (Å²) in [4.78, 5) is 25.9. The standard InChI is InChI=1S/C19H20N2O4/c1-19(17(22)23,13-25-15-8-3-2-4-9-15)20-18(24)21-12-11-14-7-5-6-10-16(14)21/h2-10H,11-13H2,1H3,(H,20,24)(H,22,23). The van der Waals surface area contributed by atoms with Gasteiger partial charge in [-0.25, -0.2) is 9.59 Å². The first kappa shape index (κ1) is 16.8. The van der Waals surface area contributed by atoms with Crippen LogP contribution in [0, 0.1) is 0 Å². The van der Waals surface area contributed by atoms with Crippen molar-refractivity contribution in [3.8, 4) is 5.75 Å². The van der Waals surface area contributed by atoms with Crippen LogP contribution in [0.3, 0.4) is 0 Å². The highest BCUT2D eigenvalue weighted by Gasteiger charge is 2.38. The Hall–Kier alpha value is -3.02. The Morgan fingerprint density at radius 3 is 2.56 bits per heavy atom. The summed E-state index contributed by atoms with van der Waals surface area (Å²) in [7, 11) is 0. The van der Waals surface area contributed by atoms with Crippen molar-refractivity contribution < 1.29 is 19.4 Å². The van der Waals surface area contributed by atoms with Gasteiger partial charge in [-0.3, -0.25) is 4.90 Å². The summed E-state index contributed by atoms with van der Waals surface area (Å²) in [6.07, 6.45) is 0.758. The summed E-state index contributed by atoms with van der Waals surface area (Å²) >= 11 is 0. The number of hydrogen-bond donors (Lipinski definition) is 2. The number of carbonyl (C=O) groups excluding carboxylic acids is 1. The fraction of sp³-hybridized carbons (Fsp3) is 0.263. The SMILES string of the molecule is CC(COc1ccccc1)(NC(=O)N1CCc2ccccc21)C(=O)O. The van der Waals surface area contributed by atoms with Gasteiger partial charge in [0.05, 0.1) is 0 Å². The molecule has 1 aliphatic heterocycles. The zero-order chi connectivity index (χ0) is 17.9. The van der Waals surface area contributed by atoms with Crippen molar-refractivity contribution >= 4 is 17.7 Å². The van der Waals surface area contributed by atoms with Crippen LogP contribution < -0.4 is 15.0 Å². The van der Waals surface area contributed by atoms with Crippen molar-refractivity contribution in [3.05, 3.63) is 60.2 Å². The Morgan fingerprint density at radius 2 is 1.84 bits per heavy atom. The maximum absolute atomic E-state index is 12.6. The Morgan fingerprint density at radius 1 is 1.16 bits per heavy atom. The van der Waals surface area contributed by atoms with Crippen LogP contribution in [0.25, 0.3) is 0 Å². The molecule has 0 saturated heterocycles. The van der Waals surface area contributed by atoms with E-state index in [9.17, 15) is 14.7 Å². The van der Waals surface area contributed by atoms with Crippen LogP contribution in [-0.2, 0) is 11.2 Å². The molecule has 0 fully saturated rings. The molecule has 2 N–H and O–H groups in total. The van der Waals surface area contributed by atoms with Gasteiger partial charge >= 0.3 is 12.0 Å². The number of anilines is 1. The molecule has 0 aromatic heterocycles. The molecule has 1 heterocycles. The Labute approximate surface area is 146 Å². The van der Waals surface area contributed by atoms with Crippen molar-refractivity contribution in [2.75, 3.05) is 18.1 Å². The average Bonchev–Trinajstić information content (AvgIpc) is 3.05. The van der Waals surface area contributed by atoms with Crippen molar-refractivity contribution in [2.45, 2.75) is 18.9 Å². The molecule has 2 aromatic rings. The summed E-state index contributed by atoms with van der Waals surface area (Å²) in [5.74, 6) is -0.597. The first-order valence-corrected chi connectivity index (χ1v) is 8.08. The van der Waals surface area contributed by atoms with E-state index in [0.29, 0.717) is 12.3 Å². The minimum atomic E-state index is -1.54. The molecule has 1 unspecified atom stereocenters. The summed E-state index contributed by atoms with van der Waals surface area (Å²) < 4.78 is 5.55. The zero-order valence-electron chi connectivity index (χ0n) is 13.9. The second-order valence-electron chi connectivity index (χ2n) is 6.20. The summed E-state index contributed by atoms with van der Waals surface area (Å²) in [5.41, 5.74) is 0.358. The lowest BCUT2D eigenvalue weighted by molar-refractivity contribution is -0.144. The smallest absolute Gasteiger partial charge is 0.332 e. The third-order valence-corrected chi connectivity index (χ3v) is 4.26. The third kappa shape index (κ3) is 3.57. The molecule has 0 spiro atoms. The number of aliphatic carboxylic acids is 1. The number of nitrogens with zero attached hydrogens (tertiary/aromatic N) is 1. The lowest BCUT2D eigenvalue weighted by Gasteiger charge is -2.29. The topological polar surface area (TPSA) is 78.9 Å². The van der Waals surface area contributed by atoms with E-state index in [-0.39, 0.29) is 6.61 Å². The molecule has 1 atom stereocenters. The number of carboxylic acid groups (broad SMARTS) is 1. The second-order valence-corrected chi connectivity index (χ2v) is 6.20. The molecule has 0 bridgehead atoms. The first-order chi connectivity index (χ1) is 12.0. The van der Waals surface area contributed by atoms with Gasteiger partial charge in [-0.1, -0.05) is 36.4 Å². The number of ether oxygens (including phenoxy) is 1. The lowest BCUT2D eigenvalue weighted by atomic mass is 10.0. The van der Waals surface area contributed by atoms with E-state index in [0.717, 1.165) is 17.7 Å². The highest BCUT2D eigenvalue weighted by Crippen LogP contribution is 2.27. The van der Waals surface area contributed by atoms with Crippen molar-refractivity contribution in [1.82, 2.24) is 5.32 Å². The van der Waals surface area contributed by atoms with E-state index in [1.807, 2.05) is 30.3 Å². The van der Waals surface area contributed by atoms with Crippen LogP contribution in [0.4, 0.5) is 10.5 Å². The maximum atomic E-state index is 12.6. The summed E-state index contributed by atoms with van der Waals surface area (Å²) in [6, 6.07) is 16.1. The second kappa shape index (κ2) is 6.84. The minimum Gasteiger partial charge on any atom is -0.491 e. The fourth-order valence-corrected chi connectivity index (χ4v) is 2.75. The van der Waals surface area contributed by atoms with Gasteiger partial charge in [0.1, 0.15) is 12.4 Å². The predicted molar refractivity (Wildman–Crippen MR) is 94.0 cm³/mol. The van der Waals surface area contributed by atoms with Crippen LogP contribution in [0.5, 0.6) is 5.75 Å². The minimum absolute atomic E-state index is 0.173. The van der Waals surface area contributed by atoms with Crippen molar-refractivity contribution in [3.63, 3.8) is 0 Å². The molecule has 0 radical (unpaired) electrons. The Balaban J connectivity index is 1.71. The number of para-hydroxylation sites is 2. The molecule has 25 heavy (non-hydrogen) atoms. The number of benzene rings is 2. The summed E-state index contributed by atoms with van der Waals surface area (Å²) in [5, 5.41) is 12.2. The number of urea groups is 1. The number of nitrogens with one attached hydrogen (secondary N) is 1. The van der Waals surface area contributed by atoms with Gasteiger partial charge in [0.25, 0.3) is 0 Å². The molecule has 6 nitrogen and oxygen atoms in total. The molecule has 3 rings (SSSR count). The van der Waals surface area contributed by atoms with Gasteiger partial charge in [-0.2, -0.15) is 0 Å². The fourth-order valence-electron chi connectivity index (χ4n) is 2.75. The van der Waals surface area contributed by atoms with Gasteiger partial charge in [0.2, 0.25) is 0 Å². The first-order valence-electron chi connectivity index (χ1n) is 8.08. The number of hydrogen-bond acceptors (Lipinski definition) is 3.